The number of esters is 1. The number of benzene rings is 2. The summed E-state index contributed by atoms with van der Waals surface area (Å²) in [5.74, 6) is -0.953. The third-order valence-corrected chi connectivity index (χ3v) is 3.81. The molecular formula is C22H27N3O3. The third kappa shape index (κ3) is 7.60. The maximum absolute atomic E-state index is 12.2. The molecule has 1 amide bonds. The average Bonchev–Trinajstić information content (AvgIpc) is 2.74. The van der Waals surface area contributed by atoms with E-state index in [9.17, 15) is 9.59 Å². The number of ether oxygens (including phenoxy) is 1. The molecule has 0 bridgehead atoms. The van der Waals surface area contributed by atoms with E-state index in [0.717, 1.165) is 11.1 Å². The smallest absolute Gasteiger partial charge is 0.328 e. The minimum atomic E-state index is -0.799. The topological polar surface area (TPSA) is 105 Å². The Morgan fingerprint density at radius 2 is 1.68 bits per heavy atom. The molecule has 0 saturated heterocycles. The van der Waals surface area contributed by atoms with Crippen LogP contribution >= 0.6 is 0 Å². The van der Waals surface area contributed by atoms with Gasteiger partial charge in [-0.05, 0) is 36.6 Å². The van der Waals surface area contributed by atoms with Gasteiger partial charge in [-0.25, -0.2) is 4.79 Å². The summed E-state index contributed by atoms with van der Waals surface area (Å²) in [5.41, 5.74) is 8.16. The fourth-order valence-electron chi connectivity index (χ4n) is 2.30. The molecule has 3 N–H and O–H groups in total. The van der Waals surface area contributed by atoms with Crippen LogP contribution < -0.4 is 11.1 Å². The van der Waals surface area contributed by atoms with Crippen molar-refractivity contribution < 1.29 is 14.3 Å². The summed E-state index contributed by atoms with van der Waals surface area (Å²) in [5, 5.41) is 11.4. The van der Waals surface area contributed by atoms with Crippen LogP contribution in [0.5, 0.6) is 0 Å². The molecule has 2 aromatic carbocycles. The Balaban J connectivity index is 0.00000190. The van der Waals surface area contributed by atoms with Crippen molar-refractivity contribution in [2.75, 3.05) is 0 Å². The predicted molar refractivity (Wildman–Crippen MR) is 108 cm³/mol. The van der Waals surface area contributed by atoms with Crippen LogP contribution in [0.3, 0.4) is 0 Å². The molecule has 2 aromatic rings. The molecule has 0 heterocycles. The summed E-state index contributed by atoms with van der Waals surface area (Å²) in [6.45, 7) is 5.71. The lowest BCUT2D eigenvalue weighted by atomic mass is 10.0. The Morgan fingerprint density at radius 1 is 1.07 bits per heavy atom. The van der Waals surface area contributed by atoms with Gasteiger partial charge in [0.1, 0.15) is 12.6 Å². The first-order valence-electron chi connectivity index (χ1n) is 9.25. The molecule has 148 valence electrons. The zero-order valence-electron chi connectivity index (χ0n) is 16.5. The van der Waals surface area contributed by atoms with E-state index in [-0.39, 0.29) is 6.61 Å². The van der Waals surface area contributed by atoms with Crippen LogP contribution in [0.15, 0.2) is 54.6 Å². The van der Waals surface area contributed by atoms with Crippen LogP contribution in [0.2, 0.25) is 0 Å². The van der Waals surface area contributed by atoms with Gasteiger partial charge in [0, 0.05) is 0 Å². The zero-order chi connectivity index (χ0) is 20.9. The molecule has 0 saturated carbocycles. The molecular weight excluding hydrogens is 354 g/mol. The number of hydrogen-bond donors (Lipinski definition) is 2. The van der Waals surface area contributed by atoms with Gasteiger partial charge in [-0.2, -0.15) is 5.26 Å². The van der Waals surface area contributed by atoms with Gasteiger partial charge in [-0.1, -0.05) is 56.3 Å². The maximum atomic E-state index is 12.2. The number of nitrogens with zero attached hydrogens (tertiary/aromatic N) is 1. The van der Waals surface area contributed by atoms with Crippen LogP contribution in [-0.2, 0) is 27.4 Å². The molecule has 28 heavy (non-hydrogen) atoms. The highest BCUT2D eigenvalue weighted by Gasteiger charge is 2.21. The number of carbonyl (C=O) groups is 2. The molecule has 2 atom stereocenters. The summed E-state index contributed by atoms with van der Waals surface area (Å²) in [6.07, 6.45) is 0.309. The van der Waals surface area contributed by atoms with Gasteiger partial charge in [0.25, 0.3) is 0 Å². The monoisotopic (exact) mass is 381 g/mol. The molecule has 0 unspecified atom stereocenters. The van der Waals surface area contributed by atoms with Gasteiger partial charge in [0.15, 0.2) is 0 Å². The second-order valence-electron chi connectivity index (χ2n) is 5.94. The van der Waals surface area contributed by atoms with Crippen molar-refractivity contribution in [3.05, 3.63) is 71.3 Å². The van der Waals surface area contributed by atoms with Gasteiger partial charge in [0.2, 0.25) is 5.91 Å². The molecule has 0 fully saturated rings. The minimum absolute atomic E-state index is 0.150. The lowest BCUT2D eigenvalue weighted by Crippen LogP contribution is -2.48. The number of carbonyl (C=O) groups excluding carboxylic acids is 2. The number of nitrogens with one attached hydrogen (secondary N) is 1. The van der Waals surface area contributed by atoms with Crippen molar-refractivity contribution in [1.82, 2.24) is 5.32 Å². The summed E-state index contributed by atoms with van der Waals surface area (Å²) >= 11 is 0. The molecule has 0 radical (unpaired) electrons. The van der Waals surface area contributed by atoms with E-state index in [0.29, 0.717) is 12.0 Å². The van der Waals surface area contributed by atoms with Crippen molar-refractivity contribution in [2.45, 2.75) is 45.9 Å². The fourth-order valence-corrected chi connectivity index (χ4v) is 2.30. The molecule has 0 aliphatic carbocycles. The second-order valence-corrected chi connectivity index (χ2v) is 5.94. The first-order chi connectivity index (χ1) is 13.5. The highest BCUT2D eigenvalue weighted by atomic mass is 16.5. The number of nitrogens with two attached hydrogens (primary N) is 1. The van der Waals surface area contributed by atoms with Gasteiger partial charge in [-0.3, -0.25) is 4.79 Å². The standard InChI is InChI=1S/C20H21N3O3.C2H6/c1-14(20(25)26-13-17-5-3-2-4-6-17)23-19(24)18(22)11-15-7-9-16(12-21)10-8-15;1-2/h2-10,14,18H,11,13,22H2,1H3,(H,23,24);1-2H3/t14-,18-;/m0./s1. The minimum Gasteiger partial charge on any atom is -0.459 e. The Kier molecular flexibility index (Phi) is 10.0. The third-order valence-electron chi connectivity index (χ3n) is 3.81. The largest absolute Gasteiger partial charge is 0.459 e. The predicted octanol–water partition coefficient (Wildman–Crippen LogP) is 2.70. The summed E-state index contributed by atoms with van der Waals surface area (Å²) in [4.78, 5) is 24.2. The molecule has 0 aliphatic rings. The van der Waals surface area contributed by atoms with Crippen molar-refractivity contribution in [3.8, 4) is 6.07 Å². The van der Waals surface area contributed by atoms with E-state index in [2.05, 4.69) is 5.32 Å². The van der Waals surface area contributed by atoms with Gasteiger partial charge in [-0.15, -0.1) is 0 Å². The van der Waals surface area contributed by atoms with Gasteiger partial charge in [0.05, 0.1) is 17.7 Å². The van der Waals surface area contributed by atoms with E-state index < -0.39 is 24.0 Å². The SMILES string of the molecule is CC.C[C@H](NC(=O)[C@@H](N)Cc1ccc(C#N)cc1)C(=O)OCc1ccccc1. The highest BCUT2D eigenvalue weighted by molar-refractivity contribution is 5.87. The molecule has 0 aliphatic heterocycles. The fraction of sp³-hybridized carbons (Fsp3) is 0.318. The van der Waals surface area contributed by atoms with Crippen LogP contribution in [-0.4, -0.2) is 24.0 Å². The highest BCUT2D eigenvalue weighted by Crippen LogP contribution is 2.06. The Hall–Kier alpha value is -3.17. The Morgan fingerprint density at radius 3 is 2.25 bits per heavy atom. The van der Waals surface area contributed by atoms with Crippen molar-refractivity contribution in [1.29, 1.82) is 5.26 Å². The molecule has 6 heteroatoms. The lowest BCUT2D eigenvalue weighted by molar-refractivity contribution is -0.148. The lowest BCUT2D eigenvalue weighted by Gasteiger charge is -2.17. The van der Waals surface area contributed by atoms with Crippen LogP contribution in [0, 0.1) is 11.3 Å². The van der Waals surface area contributed by atoms with E-state index in [1.54, 1.807) is 31.2 Å². The summed E-state index contributed by atoms with van der Waals surface area (Å²) in [7, 11) is 0. The molecule has 6 nitrogen and oxygen atoms in total. The molecule has 2 rings (SSSR count). The first kappa shape index (κ1) is 22.9. The van der Waals surface area contributed by atoms with Crippen LogP contribution in [0.25, 0.3) is 0 Å². The average molecular weight is 381 g/mol. The van der Waals surface area contributed by atoms with Gasteiger partial charge >= 0.3 is 5.97 Å². The number of amides is 1. The van der Waals surface area contributed by atoms with E-state index in [1.165, 1.54) is 0 Å². The second kappa shape index (κ2) is 12.3. The van der Waals surface area contributed by atoms with Crippen molar-refractivity contribution in [3.63, 3.8) is 0 Å². The van der Waals surface area contributed by atoms with Crippen molar-refractivity contribution in [2.24, 2.45) is 5.73 Å². The van der Waals surface area contributed by atoms with Crippen molar-refractivity contribution >= 4 is 11.9 Å². The molecule has 0 aromatic heterocycles. The maximum Gasteiger partial charge on any atom is 0.328 e. The summed E-state index contributed by atoms with van der Waals surface area (Å²) in [6, 6.07) is 16.6. The Bertz CT molecular complexity index is 783. The molecule has 0 spiro atoms. The Labute approximate surface area is 166 Å². The first-order valence-corrected chi connectivity index (χ1v) is 9.25. The number of nitriles is 1. The van der Waals surface area contributed by atoms with Crippen LogP contribution in [0.4, 0.5) is 0 Å². The quantitative estimate of drug-likeness (QED) is 0.718. The van der Waals surface area contributed by atoms with Gasteiger partial charge < -0.3 is 15.8 Å². The number of hydrogen-bond acceptors (Lipinski definition) is 5. The number of rotatable bonds is 7. The van der Waals surface area contributed by atoms with Crippen LogP contribution in [0.1, 0.15) is 37.5 Å². The zero-order valence-corrected chi connectivity index (χ0v) is 16.5. The summed E-state index contributed by atoms with van der Waals surface area (Å²) < 4.78 is 5.19. The van der Waals surface area contributed by atoms with E-state index >= 15 is 0 Å². The normalized spacial score (nSPS) is 11.8. The van der Waals surface area contributed by atoms with E-state index in [1.807, 2.05) is 50.2 Å². The van der Waals surface area contributed by atoms with E-state index in [4.69, 9.17) is 15.7 Å².